The molecule has 0 aliphatic heterocycles. The van der Waals surface area contributed by atoms with Crippen molar-refractivity contribution in [2.45, 2.75) is 13.3 Å². The van der Waals surface area contributed by atoms with Crippen LogP contribution in [-0.2, 0) is 6.42 Å². The maximum absolute atomic E-state index is 8.86. The van der Waals surface area contributed by atoms with Gasteiger partial charge in [0.1, 0.15) is 5.82 Å². The van der Waals surface area contributed by atoms with Gasteiger partial charge in [0.15, 0.2) is 4.96 Å². The molecule has 4 nitrogen and oxygen atoms in total. The van der Waals surface area contributed by atoms with E-state index in [1.807, 2.05) is 17.5 Å². The summed E-state index contributed by atoms with van der Waals surface area (Å²) in [6, 6.07) is 0. The molecule has 2 N–H and O–H groups in total. The number of nitrogens with one attached hydrogen (secondary N) is 1. The predicted molar refractivity (Wildman–Crippen MR) is 47.9 cm³/mol. The lowest BCUT2D eigenvalue weighted by atomic mass is 10.4. The first-order chi connectivity index (χ1) is 5.86. The first-order valence-corrected chi connectivity index (χ1v) is 4.53. The molecule has 0 spiro atoms. The molecule has 0 unspecified atom stereocenters. The number of hydrogen-bond donors (Lipinski definition) is 2. The largest absolute Gasteiger partial charge is 0.290 e. The second-order valence-corrected chi connectivity index (χ2v) is 3.48. The Bertz CT molecular complexity index is 392. The van der Waals surface area contributed by atoms with Crippen molar-refractivity contribution in [2.24, 2.45) is 0 Å². The summed E-state index contributed by atoms with van der Waals surface area (Å²) in [5.74, 6) is 0.731. The average molecular weight is 183 g/mol. The molecule has 0 fully saturated rings. The summed E-state index contributed by atoms with van der Waals surface area (Å²) >= 11 is 1.58. The van der Waals surface area contributed by atoms with E-state index in [1.165, 1.54) is 0 Å². The molecule has 2 aromatic heterocycles. The Morgan fingerprint density at radius 1 is 1.75 bits per heavy atom. The van der Waals surface area contributed by atoms with E-state index < -0.39 is 0 Å². The van der Waals surface area contributed by atoms with E-state index in [0.29, 0.717) is 0 Å². The fourth-order valence-electron chi connectivity index (χ4n) is 1.18. The molecule has 0 atom stereocenters. The Hall–Kier alpha value is -1.07. The molecule has 0 aliphatic rings. The van der Waals surface area contributed by atoms with Crippen LogP contribution >= 0.6 is 11.3 Å². The molecule has 0 aliphatic carbocycles. The molecule has 5 heteroatoms. The maximum atomic E-state index is 8.86. The molecule has 0 radical (unpaired) electrons. The molecule has 64 valence electrons. The lowest BCUT2D eigenvalue weighted by Crippen LogP contribution is -1.95. The van der Waals surface area contributed by atoms with Crippen molar-refractivity contribution in [2.75, 3.05) is 5.48 Å². The number of hydrogen-bond acceptors (Lipinski definition) is 4. The number of aryl methyl sites for hydroxylation is 1. The van der Waals surface area contributed by atoms with Crippen molar-refractivity contribution in [3.63, 3.8) is 0 Å². The van der Waals surface area contributed by atoms with Crippen molar-refractivity contribution in [1.29, 1.82) is 0 Å². The lowest BCUT2D eigenvalue weighted by molar-refractivity contribution is 0.384. The summed E-state index contributed by atoms with van der Waals surface area (Å²) in [5.41, 5.74) is 2.19. The molecule has 0 aromatic carbocycles. The molecule has 12 heavy (non-hydrogen) atoms. The molecular weight excluding hydrogens is 174 g/mol. The van der Waals surface area contributed by atoms with Gasteiger partial charge in [0, 0.05) is 12.4 Å². The van der Waals surface area contributed by atoms with Crippen molar-refractivity contribution in [3.8, 4) is 0 Å². The molecule has 0 amide bonds. The Morgan fingerprint density at radius 2 is 2.58 bits per heavy atom. The van der Waals surface area contributed by atoms with Crippen molar-refractivity contribution in [1.82, 2.24) is 9.38 Å². The van der Waals surface area contributed by atoms with Crippen LogP contribution in [-0.4, -0.2) is 14.6 Å². The number of imidazole rings is 1. The Kier molecular flexibility index (Phi) is 1.74. The van der Waals surface area contributed by atoms with Gasteiger partial charge >= 0.3 is 0 Å². The zero-order valence-corrected chi connectivity index (χ0v) is 7.43. The van der Waals surface area contributed by atoms with E-state index in [2.05, 4.69) is 10.5 Å². The first kappa shape index (κ1) is 7.57. The fraction of sp³-hybridized carbons (Fsp3) is 0.286. The highest BCUT2D eigenvalue weighted by molar-refractivity contribution is 7.17. The zero-order valence-electron chi connectivity index (χ0n) is 6.61. The Morgan fingerprint density at radius 3 is 3.25 bits per heavy atom. The van der Waals surface area contributed by atoms with Gasteiger partial charge in [-0.25, -0.2) is 4.98 Å². The quantitative estimate of drug-likeness (QED) is 0.697. The number of rotatable bonds is 2. The normalized spacial score (nSPS) is 10.8. The molecule has 2 heterocycles. The topological polar surface area (TPSA) is 49.6 Å². The van der Waals surface area contributed by atoms with Crippen molar-refractivity contribution >= 4 is 22.1 Å². The Balaban J connectivity index is 2.70. The third-order valence-corrected chi connectivity index (χ3v) is 2.97. The second-order valence-electron chi connectivity index (χ2n) is 2.42. The van der Waals surface area contributed by atoms with E-state index in [1.54, 1.807) is 17.5 Å². The molecule has 2 aromatic rings. The maximum Gasteiger partial charge on any atom is 0.195 e. The molecule has 0 saturated heterocycles. The van der Waals surface area contributed by atoms with E-state index in [4.69, 9.17) is 5.21 Å². The summed E-state index contributed by atoms with van der Waals surface area (Å²) < 4.78 is 1.84. The van der Waals surface area contributed by atoms with Gasteiger partial charge < -0.3 is 0 Å². The summed E-state index contributed by atoms with van der Waals surface area (Å²) in [4.78, 5) is 6.14. The third-order valence-electron chi connectivity index (χ3n) is 1.75. The molecule has 0 bridgehead atoms. The molecular formula is C7H9N3OS. The van der Waals surface area contributed by atoms with E-state index in [0.717, 1.165) is 22.1 Å². The summed E-state index contributed by atoms with van der Waals surface area (Å²) in [5, 5.41) is 8.86. The van der Waals surface area contributed by atoms with Gasteiger partial charge in [-0.3, -0.25) is 15.1 Å². The minimum absolute atomic E-state index is 0.731. The molecule has 0 saturated carbocycles. The van der Waals surface area contributed by atoms with Gasteiger partial charge in [-0.05, 0) is 6.42 Å². The number of aromatic nitrogens is 2. The molecule has 2 rings (SSSR count). The fourth-order valence-corrected chi connectivity index (χ4v) is 2.15. The van der Waals surface area contributed by atoms with Crippen LogP contribution in [0.3, 0.4) is 0 Å². The summed E-state index contributed by atoms with van der Waals surface area (Å²) in [6.07, 6.45) is 4.44. The summed E-state index contributed by atoms with van der Waals surface area (Å²) in [7, 11) is 0. The van der Waals surface area contributed by atoms with Gasteiger partial charge in [0.05, 0.1) is 4.88 Å². The van der Waals surface area contributed by atoms with Gasteiger partial charge in [0.25, 0.3) is 0 Å². The van der Waals surface area contributed by atoms with Crippen LogP contribution in [0.5, 0.6) is 0 Å². The Labute approximate surface area is 73.4 Å². The standard InChI is InChI=1S/C7H9N3OS/c1-2-5-6(9-11)10-4-3-8-7(10)12-5/h3-4,9,11H,2H2,1H3. The van der Waals surface area contributed by atoms with Crippen LogP contribution in [0.25, 0.3) is 4.96 Å². The van der Waals surface area contributed by atoms with Crippen LogP contribution in [0.4, 0.5) is 5.82 Å². The van der Waals surface area contributed by atoms with Crippen LogP contribution in [0.15, 0.2) is 12.4 Å². The van der Waals surface area contributed by atoms with Gasteiger partial charge in [-0.15, -0.1) is 0 Å². The number of fused-ring (bicyclic) bond motifs is 1. The monoisotopic (exact) mass is 183 g/mol. The predicted octanol–water partition coefficient (Wildman–Crippen LogP) is 1.76. The minimum atomic E-state index is 0.731. The van der Waals surface area contributed by atoms with E-state index in [-0.39, 0.29) is 0 Å². The number of thiazole rings is 1. The van der Waals surface area contributed by atoms with E-state index >= 15 is 0 Å². The number of nitrogens with zero attached hydrogens (tertiary/aromatic N) is 2. The van der Waals surface area contributed by atoms with Crippen LogP contribution < -0.4 is 5.48 Å². The smallest absolute Gasteiger partial charge is 0.195 e. The van der Waals surface area contributed by atoms with Crippen LogP contribution in [0, 0.1) is 0 Å². The third kappa shape index (κ3) is 0.904. The highest BCUT2D eigenvalue weighted by Crippen LogP contribution is 2.26. The van der Waals surface area contributed by atoms with Crippen LogP contribution in [0.1, 0.15) is 11.8 Å². The highest BCUT2D eigenvalue weighted by atomic mass is 32.1. The summed E-state index contributed by atoms with van der Waals surface area (Å²) in [6.45, 7) is 2.05. The minimum Gasteiger partial charge on any atom is -0.290 e. The van der Waals surface area contributed by atoms with Gasteiger partial charge in [-0.1, -0.05) is 18.3 Å². The van der Waals surface area contributed by atoms with Crippen molar-refractivity contribution < 1.29 is 5.21 Å². The second kappa shape index (κ2) is 2.76. The van der Waals surface area contributed by atoms with Gasteiger partial charge in [-0.2, -0.15) is 0 Å². The first-order valence-electron chi connectivity index (χ1n) is 3.71. The van der Waals surface area contributed by atoms with Gasteiger partial charge in [0.2, 0.25) is 0 Å². The van der Waals surface area contributed by atoms with Crippen molar-refractivity contribution in [3.05, 3.63) is 17.3 Å². The average Bonchev–Trinajstić information content (AvgIpc) is 2.61. The van der Waals surface area contributed by atoms with E-state index in [9.17, 15) is 0 Å². The van der Waals surface area contributed by atoms with Crippen LogP contribution in [0.2, 0.25) is 0 Å². The highest BCUT2D eigenvalue weighted by Gasteiger charge is 2.09. The SMILES string of the molecule is CCc1sc2nccn2c1NO. The lowest BCUT2D eigenvalue weighted by Gasteiger charge is -1.97. The zero-order chi connectivity index (χ0) is 8.55. The number of anilines is 1.